The van der Waals surface area contributed by atoms with Gasteiger partial charge in [0.15, 0.2) is 11.5 Å². The van der Waals surface area contributed by atoms with Gasteiger partial charge in [0.25, 0.3) is 5.56 Å². The third-order valence-electron chi connectivity index (χ3n) is 3.19. The van der Waals surface area contributed by atoms with E-state index in [0.717, 1.165) is 0 Å². The van der Waals surface area contributed by atoms with Gasteiger partial charge in [0.05, 0.1) is 18.2 Å². The second-order valence-corrected chi connectivity index (χ2v) is 5.24. The van der Waals surface area contributed by atoms with Gasteiger partial charge in [-0.3, -0.25) is 4.79 Å². The molecule has 2 aromatic rings. The van der Waals surface area contributed by atoms with E-state index in [4.69, 9.17) is 21.1 Å². The zero-order valence-electron chi connectivity index (χ0n) is 13.2. The highest BCUT2D eigenvalue weighted by molar-refractivity contribution is 6.32. The lowest BCUT2D eigenvalue weighted by atomic mass is 10.0. The Balaban J connectivity index is 2.70. The molecule has 0 saturated heterocycles. The van der Waals surface area contributed by atoms with E-state index >= 15 is 0 Å². The normalized spacial score (nSPS) is 10.2. The zero-order chi connectivity index (χ0) is 17.0. The van der Waals surface area contributed by atoms with Crippen molar-refractivity contribution < 1.29 is 9.47 Å². The first-order chi connectivity index (χ1) is 11.0. The number of pyridine rings is 1. The average molecular weight is 333 g/mol. The molecule has 120 valence electrons. The van der Waals surface area contributed by atoms with Crippen LogP contribution in [-0.4, -0.2) is 18.2 Å². The summed E-state index contributed by atoms with van der Waals surface area (Å²) < 4.78 is 11.1. The second kappa shape index (κ2) is 7.21. The molecule has 1 aromatic carbocycles. The van der Waals surface area contributed by atoms with Crippen LogP contribution in [0.2, 0.25) is 5.02 Å². The number of hydrogen-bond donors (Lipinski definition) is 1. The van der Waals surface area contributed by atoms with Gasteiger partial charge < -0.3 is 14.5 Å². The number of aromatic nitrogens is 1. The summed E-state index contributed by atoms with van der Waals surface area (Å²) in [6, 6.07) is 7.08. The summed E-state index contributed by atoms with van der Waals surface area (Å²) in [5.41, 5.74) is 1.42. The molecule has 0 amide bonds. The summed E-state index contributed by atoms with van der Waals surface area (Å²) >= 11 is 6.30. The number of nitriles is 1. The molecule has 0 unspecified atom stereocenters. The van der Waals surface area contributed by atoms with Crippen molar-refractivity contribution in [1.82, 2.24) is 4.98 Å². The lowest BCUT2D eigenvalue weighted by Gasteiger charge is -2.15. The van der Waals surface area contributed by atoms with E-state index in [1.165, 1.54) is 0 Å². The first kappa shape index (κ1) is 16.9. The summed E-state index contributed by atoms with van der Waals surface area (Å²) in [6.07, 6.45) is 0. The van der Waals surface area contributed by atoms with Gasteiger partial charge in [-0.05, 0) is 44.5 Å². The smallest absolute Gasteiger partial charge is 0.266 e. The minimum absolute atomic E-state index is 0.0401. The number of aromatic amines is 1. The van der Waals surface area contributed by atoms with Crippen LogP contribution in [0.5, 0.6) is 11.5 Å². The predicted molar refractivity (Wildman–Crippen MR) is 89.3 cm³/mol. The van der Waals surface area contributed by atoms with Crippen LogP contribution in [0, 0.1) is 18.3 Å². The Bertz CT molecular complexity index is 822. The first-order valence-electron chi connectivity index (χ1n) is 7.25. The molecule has 1 aromatic heterocycles. The maximum atomic E-state index is 12.0. The van der Waals surface area contributed by atoms with Crippen molar-refractivity contribution in [2.45, 2.75) is 20.8 Å². The predicted octanol–water partition coefficient (Wildman–Crippen LogP) is 3.67. The minimum atomic E-state index is -0.425. The molecule has 1 heterocycles. The van der Waals surface area contributed by atoms with Crippen LogP contribution >= 0.6 is 11.6 Å². The van der Waals surface area contributed by atoms with Crippen LogP contribution in [0.3, 0.4) is 0 Å². The average Bonchev–Trinajstić information content (AvgIpc) is 2.50. The molecule has 0 aliphatic rings. The van der Waals surface area contributed by atoms with Crippen molar-refractivity contribution in [2.24, 2.45) is 0 Å². The summed E-state index contributed by atoms with van der Waals surface area (Å²) in [6.45, 7) is 6.36. The van der Waals surface area contributed by atoms with Crippen molar-refractivity contribution in [2.75, 3.05) is 13.2 Å². The van der Waals surface area contributed by atoms with E-state index in [-0.39, 0.29) is 5.56 Å². The Kier molecular flexibility index (Phi) is 5.30. The van der Waals surface area contributed by atoms with E-state index in [0.29, 0.717) is 46.6 Å². The molecule has 0 atom stereocenters. The number of benzene rings is 1. The molecule has 0 aliphatic heterocycles. The number of nitrogens with zero attached hydrogens (tertiary/aromatic N) is 1. The number of ether oxygens (including phenoxy) is 2. The standard InChI is InChI=1S/C17H17ClN2O3/c1-4-22-15-8-11(7-14(18)16(15)23-5-2)12-6-10(3)20-17(21)13(12)9-19/h6-8H,4-5H2,1-3H3,(H,20,21). The van der Waals surface area contributed by atoms with Gasteiger partial charge in [-0.2, -0.15) is 5.26 Å². The van der Waals surface area contributed by atoms with Gasteiger partial charge in [0, 0.05) is 11.3 Å². The maximum absolute atomic E-state index is 12.0. The number of hydrogen-bond acceptors (Lipinski definition) is 4. The van der Waals surface area contributed by atoms with Gasteiger partial charge >= 0.3 is 0 Å². The molecule has 1 N–H and O–H groups in total. The number of halogens is 1. The lowest BCUT2D eigenvalue weighted by Crippen LogP contribution is -2.12. The number of aryl methyl sites for hydroxylation is 1. The highest BCUT2D eigenvalue weighted by Crippen LogP contribution is 2.40. The van der Waals surface area contributed by atoms with Crippen LogP contribution in [-0.2, 0) is 0 Å². The number of rotatable bonds is 5. The van der Waals surface area contributed by atoms with Crippen molar-refractivity contribution in [3.63, 3.8) is 0 Å². The molecule has 0 fully saturated rings. The molecule has 0 spiro atoms. The highest BCUT2D eigenvalue weighted by Gasteiger charge is 2.16. The second-order valence-electron chi connectivity index (χ2n) is 4.83. The molecule has 0 saturated carbocycles. The van der Waals surface area contributed by atoms with Crippen molar-refractivity contribution >= 4 is 11.6 Å². The molecule has 2 rings (SSSR count). The van der Waals surface area contributed by atoms with E-state index < -0.39 is 5.56 Å². The third kappa shape index (κ3) is 3.49. The quantitative estimate of drug-likeness (QED) is 0.906. The van der Waals surface area contributed by atoms with E-state index in [2.05, 4.69) is 4.98 Å². The number of nitrogens with one attached hydrogen (secondary N) is 1. The Hall–Kier alpha value is -2.45. The van der Waals surface area contributed by atoms with Gasteiger partial charge in [-0.15, -0.1) is 0 Å². The van der Waals surface area contributed by atoms with E-state index in [1.54, 1.807) is 25.1 Å². The SMILES string of the molecule is CCOc1cc(-c2cc(C)[nH]c(=O)c2C#N)cc(Cl)c1OCC. The Morgan fingerprint density at radius 3 is 2.52 bits per heavy atom. The van der Waals surface area contributed by atoms with Crippen LogP contribution in [0.25, 0.3) is 11.1 Å². The van der Waals surface area contributed by atoms with Gasteiger partial charge in [-0.1, -0.05) is 11.6 Å². The fourth-order valence-electron chi connectivity index (χ4n) is 2.30. The monoisotopic (exact) mass is 332 g/mol. The molecule has 0 bridgehead atoms. The van der Waals surface area contributed by atoms with Crippen LogP contribution in [0.1, 0.15) is 25.1 Å². The van der Waals surface area contributed by atoms with Crippen LogP contribution in [0.15, 0.2) is 23.0 Å². The molecule has 6 heteroatoms. The molecule has 23 heavy (non-hydrogen) atoms. The number of H-pyrrole nitrogens is 1. The Morgan fingerprint density at radius 1 is 1.22 bits per heavy atom. The van der Waals surface area contributed by atoms with E-state index in [1.807, 2.05) is 19.9 Å². The zero-order valence-corrected chi connectivity index (χ0v) is 14.0. The van der Waals surface area contributed by atoms with E-state index in [9.17, 15) is 10.1 Å². The third-order valence-corrected chi connectivity index (χ3v) is 3.47. The lowest BCUT2D eigenvalue weighted by molar-refractivity contribution is 0.288. The summed E-state index contributed by atoms with van der Waals surface area (Å²) in [5.74, 6) is 0.943. The topological polar surface area (TPSA) is 75.1 Å². The van der Waals surface area contributed by atoms with Crippen molar-refractivity contribution in [3.8, 4) is 28.7 Å². The largest absolute Gasteiger partial charge is 0.490 e. The van der Waals surface area contributed by atoms with Crippen LogP contribution in [0.4, 0.5) is 0 Å². The Labute approximate surface area is 139 Å². The Morgan fingerprint density at radius 2 is 1.91 bits per heavy atom. The molecular formula is C17H17ClN2O3. The van der Waals surface area contributed by atoms with Gasteiger partial charge in [0.2, 0.25) is 0 Å². The molecule has 0 aliphatic carbocycles. The van der Waals surface area contributed by atoms with Crippen molar-refractivity contribution in [3.05, 3.63) is 44.8 Å². The summed E-state index contributed by atoms with van der Waals surface area (Å²) in [5, 5.41) is 9.64. The van der Waals surface area contributed by atoms with Crippen molar-refractivity contribution in [1.29, 1.82) is 5.26 Å². The molecule has 5 nitrogen and oxygen atoms in total. The molecule has 0 radical (unpaired) electrons. The maximum Gasteiger partial charge on any atom is 0.266 e. The highest BCUT2D eigenvalue weighted by atomic mass is 35.5. The van der Waals surface area contributed by atoms with Gasteiger partial charge in [0.1, 0.15) is 11.6 Å². The van der Waals surface area contributed by atoms with Gasteiger partial charge in [-0.25, -0.2) is 0 Å². The fourth-order valence-corrected chi connectivity index (χ4v) is 2.56. The minimum Gasteiger partial charge on any atom is -0.490 e. The fraction of sp³-hybridized carbons (Fsp3) is 0.294. The van der Waals surface area contributed by atoms with Crippen LogP contribution < -0.4 is 15.0 Å². The summed E-state index contributed by atoms with van der Waals surface area (Å²) in [7, 11) is 0. The summed E-state index contributed by atoms with van der Waals surface area (Å²) in [4.78, 5) is 14.6. The molecular weight excluding hydrogens is 316 g/mol. The first-order valence-corrected chi connectivity index (χ1v) is 7.63.